The number of nitrogens with one attached hydrogen (secondary N) is 1. The maximum absolute atomic E-state index is 12.5. The Labute approximate surface area is 153 Å². The number of likely N-dealkylation sites (tertiary alicyclic amines) is 1. The van der Waals surface area contributed by atoms with E-state index >= 15 is 0 Å². The number of carboxylic acid groups (broad SMARTS) is 1. The van der Waals surface area contributed by atoms with Crippen molar-refractivity contribution in [3.05, 3.63) is 12.0 Å². The molecule has 0 aromatic carbocycles. The fraction of sp³-hybridized carbons (Fsp3) is 0.688. The first-order valence-electron chi connectivity index (χ1n) is 8.71. The molecule has 1 amide bonds. The van der Waals surface area contributed by atoms with Crippen LogP contribution in [0, 0.1) is 6.92 Å². The second-order valence-corrected chi connectivity index (χ2v) is 8.27. The molecule has 0 aliphatic carbocycles. The topological polar surface area (TPSA) is 122 Å². The third-order valence-electron chi connectivity index (χ3n) is 4.63. The molecular weight excluding hydrogens is 360 g/mol. The largest absolute Gasteiger partial charge is 0.481 e. The molecule has 0 bridgehead atoms. The Kier molecular flexibility index (Phi) is 6.76. The van der Waals surface area contributed by atoms with Gasteiger partial charge in [-0.1, -0.05) is 0 Å². The lowest BCUT2D eigenvalue weighted by molar-refractivity contribution is -0.140. The fourth-order valence-electron chi connectivity index (χ4n) is 3.08. The van der Waals surface area contributed by atoms with Crippen LogP contribution >= 0.6 is 0 Å². The molecule has 1 aromatic rings. The third-order valence-corrected chi connectivity index (χ3v) is 5.96. The van der Waals surface area contributed by atoms with Gasteiger partial charge in [0.25, 0.3) is 10.0 Å². The molecule has 1 aromatic heterocycles. The summed E-state index contributed by atoms with van der Waals surface area (Å²) in [5.74, 6) is -0.447. The number of hydrogen-bond acceptors (Lipinski definition) is 5. The lowest BCUT2D eigenvalue weighted by Gasteiger charge is -2.35. The maximum atomic E-state index is 12.5. The highest BCUT2D eigenvalue weighted by molar-refractivity contribution is 7.89. The standard InChI is InChI=1S/C16H26N4O5S/c1-12-18-14(11-19(12)2)26(24,25)17-9-8-15(21)20-10-4-3-5-13(20)6-7-16(22)23/h11,13,17H,3-10H2,1-2H3,(H,22,23). The zero-order valence-corrected chi connectivity index (χ0v) is 16.0. The first kappa shape index (κ1) is 20.4. The quantitative estimate of drug-likeness (QED) is 0.676. The number of piperidine rings is 1. The molecule has 0 spiro atoms. The second kappa shape index (κ2) is 8.63. The molecule has 2 rings (SSSR count). The lowest BCUT2D eigenvalue weighted by atomic mass is 9.97. The van der Waals surface area contributed by atoms with Crippen molar-refractivity contribution in [1.82, 2.24) is 19.2 Å². The summed E-state index contributed by atoms with van der Waals surface area (Å²) in [5, 5.41) is 8.77. The van der Waals surface area contributed by atoms with Crippen LogP contribution in [0.3, 0.4) is 0 Å². The van der Waals surface area contributed by atoms with Crippen LogP contribution in [0.2, 0.25) is 0 Å². The first-order chi connectivity index (χ1) is 12.2. The number of aromatic nitrogens is 2. The van der Waals surface area contributed by atoms with Crippen molar-refractivity contribution in [2.24, 2.45) is 7.05 Å². The van der Waals surface area contributed by atoms with Crippen molar-refractivity contribution in [3.8, 4) is 0 Å². The number of amides is 1. The minimum absolute atomic E-state index is 0.0149. The van der Waals surface area contributed by atoms with Crippen LogP contribution in [0.25, 0.3) is 0 Å². The maximum Gasteiger partial charge on any atom is 0.303 e. The Morgan fingerprint density at radius 1 is 1.35 bits per heavy atom. The summed E-state index contributed by atoms with van der Waals surface area (Å²) in [6.07, 6.45) is 4.56. The number of carboxylic acids is 1. The van der Waals surface area contributed by atoms with Crippen LogP contribution in [-0.4, -0.2) is 59.0 Å². The second-order valence-electron chi connectivity index (χ2n) is 6.55. The first-order valence-corrected chi connectivity index (χ1v) is 10.2. The smallest absolute Gasteiger partial charge is 0.303 e. The number of imidazole rings is 1. The molecular formula is C16H26N4O5S. The van der Waals surface area contributed by atoms with Gasteiger partial charge in [0.1, 0.15) is 5.82 Å². The fourth-order valence-corrected chi connectivity index (χ4v) is 4.15. The summed E-state index contributed by atoms with van der Waals surface area (Å²) < 4.78 is 28.5. The molecule has 1 saturated heterocycles. The van der Waals surface area contributed by atoms with E-state index in [1.54, 1.807) is 23.4 Å². The Balaban J connectivity index is 1.89. The van der Waals surface area contributed by atoms with E-state index in [0.29, 0.717) is 18.8 Å². The highest BCUT2D eigenvalue weighted by atomic mass is 32.2. The number of aliphatic carboxylic acids is 1. The number of sulfonamides is 1. The highest BCUT2D eigenvalue weighted by Crippen LogP contribution is 2.21. The van der Waals surface area contributed by atoms with Gasteiger partial charge in [-0.25, -0.2) is 18.1 Å². The van der Waals surface area contributed by atoms with Crippen molar-refractivity contribution in [2.75, 3.05) is 13.1 Å². The zero-order chi connectivity index (χ0) is 19.3. The van der Waals surface area contributed by atoms with Crippen LogP contribution in [0.5, 0.6) is 0 Å². The number of nitrogens with zero attached hydrogens (tertiary/aromatic N) is 3. The van der Waals surface area contributed by atoms with Crippen molar-refractivity contribution >= 4 is 21.9 Å². The third kappa shape index (κ3) is 5.28. The van der Waals surface area contributed by atoms with E-state index in [0.717, 1.165) is 19.3 Å². The zero-order valence-electron chi connectivity index (χ0n) is 15.1. The molecule has 26 heavy (non-hydrogen) atoms. The number of carbonyl (C=O) groups excluding carboxylic acids is 1. The van der Waals surface area contributed by atoms with E-state index in [2.05, 4.69) is 9.71 Å². The molecule has 146 valence electrons. The van der Waals surface area contributed by atoms with E-state index in [4.69, 9.17) is 5.11 Å². The minimum Gasteiger partial charge on any atom is -0.481 e. The predicted octanol–water partition coefficient (Wildman–Crippen LogP) is 0.643. The molecule has 10 heteroatoms. The summed E-state index contributed by atoms with van der Waals surface area (Å²) in [5.41, 5.74) is 0. The molecule has 1 unspecified atom stereocenters. The molecule has 9 nitrogen and oxygen atoms in total. The molecule has 0 saturated carbocycles. The molecule has 1 aliphatic rings. The van der Waals surface area contributed by atoms with Gasteiger partial charge < -0.3 is 14.6 Å². The van der Waals surface area contributed by atoms with Gasteiger partial charge in [-0.05, 0) is 32.6 Å². The van der Waals surface area contributed by atoms with Crippen LogP contribution < -0.4 is 4.72 Å². The summed E-state index contributed by atoms with van der Waals surface area (Å²) in [6.45, 7) is 2.28. The SMILES string of the molecule is Cc1nc(S(=O)(=O)NCCC(=O)N2CCCCC2CCC(=O)O)cn1C. The van der Waals surface area contributed by atoms with Crippen LogP contribution in [-0.2, 0) is 26.7 Å². The average molecular weight is 386 g/mol. The Morgan fingerprint density at radius 3 is 2.69 bits per heavy atom. The van der Waals surface area contributed by atoms with E-state index < -0.39 is 16.0 Å². The number of aryl methyl sites for hydroxylation is 2. The predicted molar refractivity (Wildman–Crippen MR) is 94.0 cm³/mol. The van der Waals surface area contributed by atoms with Gasteiger partial charge in [0.15, 0.2) is 5.03 Å². The lowest BCUT2D eigenvalue weighted by Crippen LogP contribution is -2.45. The molecule has 2 heterocycles. The number of carbonyl (C=O) groups is 2. The summed E-state index contributed by atoms with van der Waals surface area (Å²) >= 11 is 0. The monoisotopic (exact) mass is 386 g/mol. The van der Waals surface area contributed by atoms with Gasteiger partial charge >= 0.3 is 5.97 Å². The molecule has 1 aliphatic heterocycles. The van der Waals surface area contributed by atoms with Gasteiger partial charge in [0.05, 0.1) is 0 Å². The molecule has 1 fully saturated rings. The normalized spacial score (nSPS) is 18.1. The van der Waals surface area contributed by atoms with Gasteiger partial charge in [0, 0.05) is 45.2 Å². The Bertz CT molecular complexity index is 739. The molecule has 1 atom stereocenters. The van der Waals surface area contributed by atoms with Crippen molar-refractivity contribution in [3.63, 3.8) is 0 Å². The molecule has 0 radical (unpaired) electrons. The highest BCUT2D eigenvalue weighted by Gasteiger charge is 2.27. The van der Waals surface area contributed by atoms with E-state index in [1.807, 2.05) is 0 Å². The summed E-state index contributed by atoms with van der Waals surface area (Å²) in [4.78, 5) is 28.9. The van der Waals surface area contributed by atoms with Gasteiger partial charge in [-0.2, -0.15) is 0 Å². The van der Waals surface area contributed by atoms with Crippen LogP contribution in [0.15, 0.2) is 11.2 Å². The van der Waals surface area contributed by atoms with Gasteiger partial charge in [-0.3, -0.25) is 9.59 Å². The summed E-state index contributed by atoms with van der Waals surface area (Å²) in [6, 6.07) is -0.0811. The minimum atomic E-state index is -3.75. The summed E-state index contributed by atoms with van der Waals surface area (Å²) in [7, 11) is -2.05. The van der Waals surface area contributed by atoms with E-state index in [9.17, 15) is 18.0 Å². The van der Waals surface area contributed by atoms with E-state index in [1.165, 1.54) is 6.20 Å². The van der Waals surface area contributed by atoms with E-state index in [-0.39, 0.29) is 36.4 Å². The van der Waals surface area contributed by atoms with Crippen LogP contribution in [0.4, 0.5) is 0 Å². The molecule has 2 N–H and O–H groups in total. The number of rotatable bonds is 8. The average Bonchev–Trinajstić information content (AvgIpc) is 2.93. The Hall–Kier alpha value is -1.94. The Morgan fingerprint density at radius 2 is 2.08 bits per heavy atom. The van der Waals surface area contributed by atoms with Crippen LogP contribution in [0.1, 0.15) is 44.3 Å². The van der Waals surface area contributed by atoms with Gasteiger partial charge in [0.2, 0.25) is 5.91 Å². The van der Waals surface area contributed by atoms with Gasteiger partial charge in [-0.15, -0.1) is 0 Å². The van der Waals surface area contributed by atoms with Crippen molar-refractivity contribution < 1.29 is 23.1 Å². The van der Waals surface area contributed by atoms with Crippen molar-refractivity contribution in [2.45, 2.75) is 56.5 Å². The van der Waals surface area contributed by atoms with Crippen molar-refractivity contribution in [1.29, 1.82) is 0 Å². The number of hydrogen-bond donors (Lipinski definition) is 2.